The number of rotatable bonds is 5. The molecule has 0 spiro atoms. The molecule has 3 amide bonds. The summed E-state index contributed by atoms with van der Waals surface area (Å²) < 4.78 is 33.7. The zero-order chi connectivity index (χ0) is 20.7. The van der Waals surface area contributed by atoms with Gasteiger partial charge < -0.3 is 10.2 Å². The third-order valence-corrected chi connectivity index (χ3v) is 6.09. The maximum Gasteiger partial charge on any atom is 0.416 e. The van der Waals surface area contributed by atoms with Gasteiger partial charge in [0.05, 0.1) is 11.6 Å². The van der Waals surface area contributed by atoms with Crippen molar-refractivity contribution in [3.63, 3.8) is 0 Å². The number of piperidine rings is 2. The summed E-state index contributed by atoms with van der Waals surface area (Å²) in [5, 5.41) is 14.7. The molecule has 0 aromatic rings. The van der Waals surface area contributed by atoms with Crippen molar-refractivity contribution in [3.8, 4) is 0 Å². The van der Waals surface area contributed by atoms with Crippen LogP contribution >= 0.6 is 0 Å². The van der Waals surface area contributed by atoms with Crippen LogP contribution in [0.2, 0.25) is 0 Å². The van der Waals surface area contributed by atoms with Gasteiger partial charge in [-0.15, -0.1) is 0 Å². The van der Waals surface area contributed by atoms with Crippen LogP contribution in [-0.4, -0.2) is 84.0 Å². The summed E-state index contributed by atoms with van der Waals surface area (Å²) in [5.41, 5.74) is -0.888. The zero-order valence-corrected chi connectivity index (χ0v) is 17.1. The van der Waals surface area contributed by atoms with Gasteiger partial charge in [-0.1, -0.05) is 0 Å². The van der Waals surface area contributed by atoms with Crippen molar-refractivity contribution >= 4 is 22.3 Å². The molecule has 3 aliphatic heterocycles. The van der Waals surface area contributed by atoms with Gasteiger partial charge in [-0.25, -0.2) is 14.0 Å². The van der Waals surface area contributed by atoms with Crippen LogP contribution in [0.25, 0.3) is 0 Å². The quantitative estimate of drug-likeness (QED) is 0.604. The van der Waals surface area contributed by atoms with E-state index in [0.717, 1.165) is 0 Å². The van der Waals surface area contributed by atoms with Gasteiger partial charge in [-0.05, 0) is 46.5 Å². The number of hydrogen-bond donors (Lipinski definition) is 2. The van der Waals surface area contributed by atoms with Crippen LogP contribution in [0, 0.1) is 0 Å². The molecule has 2 bridgehead atoms. The first kappa shape index (κ1) is 21.2. The van der Waals surface area contributed by atoms with Gasteiger partial charge in [-0.2, -0.15) is 17.8 Å². The molecule has 3 heterocycles. The fourth-order valence-corrected chi connectivity index (χ4v) is 4.80. The Labute approximate surface area is 164 Å². The molecular formula is C16H28N4O7S. The molecule has 0 aromatic carbocycles. The Morgan fingerprint density at radius 2 is 1.82 bits per heavy atom. The highest BCUT2D eigenvalue weighted by atomic mass is 32.3. The van der Waals surface area contributed by atoms with Crippen LogP contribution in [0.1, 0.15) is 46.5 Å². The highest BCUT2D eigenvalue weighted by molar-refractivity contribution is 7.81. The second kappa shape index (κ2) is 7.75. The molecule has 28 heavy (non-hydrogen) atoms. The molecule has 3 rings (SSSR count). The SMILES string of the molecule is CC(C)(C)OS(=O)(=O)ON1CCC(NC(=O)[C@@H]2CC[C@@H]3CN2C(=O)N3O)CC1. The Morgan fingerprint density at radius 1 is 1.18 bits per heavy atom. The first-order valence-corrected chi connectivity index (χ1v) is 10.8. The summed E-state index contributed by atoms with van der Waals surface area (Å²) in [6, 6.07) is -1.50. The molecule has 3 aliphatic rings. The molecule has 11 nitrogen and oxygen atoms in total. The molecule has 12 heteroatoms. The molecule has 3 fully saturated rings. The van der Waals surface area contributed by atoms with E-state index in [-0.39, 0.29) is 18.0 Å². The topological polar surface area (TPSA) is 129 Å². The summed E-state index contributed by atoms with van der Waals surface area (Å²) in [5.74, 6) is -0.245. The van der Waals surface area contributed by atoms with Crippen LogP contribution in [0.15, 0.2) is 0 Å². The minimum Gasteiger partial charge on any atom is -0.351 e. The average molecular weight is 420 g/mol. The van der Waals surface area contributed by atoms with E-state index in [1.807, 2.05) is 0 Å². The molecule has 0 radical (unpaired) electrons. The first-order valence-electron chi connectivity index (χ1n) is 9.44. The number of urea groups is 1. The monoisotopic (exact) mass is 420 g/mol. The van der Waals surface area contributed by atoms with Crippen molar-refractivity contribution < 1.29 is 31.7 Å². The van der Waals surface area contributed by atoms with Crippen molar-refractivity contribution in [1.82, 2.24) is 20.3 Å². The highest BCUT2D eigenvalue weighted by Gasteiger charge is 2.47. The van der Waals surface area contributed by atoms with E-state index >= 15 is 0 Å². The lowest BCUT2D eigenvalue weighted by atomic mass is 9.99. The predicted octanol–water partition coefficient (Wildman–Crippen LogP) is 0.216. The van der Waals surface area contributed by atoms with Gasteiger partial charge in [0, 0.05) is 25.7 Å². The Balaban J connectivity index is 1.47. The van der Waals surface area contributed by atoms with Gasteiger partial charge in [0.25, 0.3) is 0 Å². The van der Waals surface area contributed by atoms with Crippen LogP contribution in [-0.2, 0) is 23.7 Å². The molecule has 3 saturated heterocycles. The summed E-state index contributed by atoms with van der Waals surface area (Å²) in [6.45, 7) is 5.83. The fraction of sp³-hybridized carbons (Fsp3) is 0.875. The van der Waals surface area contributed by atoms with Crippen molar-refractivity contribution in [2.75, 3.05) is 19.6 Å². The van der Waals surface area contributed by atoms with Crippen LogP contribution in [0.5, 0.6) is 0 Å². The van der Waals surface area contributed by atoms with Crippen LogP contribution in [0.3, 0.4) is 0 Å². The lowest BCUT2D eigenvalue weighted by Gasteiger charge is -2.34. The largest absolute Gasteiger partial charge is 0.416 e. The number of fused-ring (bicyclic) bond motifs is 2. The molecule has 2 N–H and O–H groups in total. The lowest BCUT2D eigenvalue weighted by Crippen LogP contribution is -2.53. The number of nitrogens with zero attached hydrogens (tertiary/aromatic N) is 3. The normalized spacial score (nSPS) is 27.4. The standard InChI is InChI=1S/C16H28N4O7S/c1-16(2,3)26-28(24,25)27-18-8-6-11(7-9-18)17-14(21)13-5-4-12-10-19(13)15(22)20(12)23/h11-13,23H,4-10H2,1-3H3,(H,17,21)/t12-,13+/m1/s1. The molecule has 0 saturated carbocycles. The van der Waals surface area contributed by atoms with E-state index < -0.39 is 28.1 Å². The predicted molar refractivity (Wildman–Crippen MR) is 96.1 cm³/mol. The van der Waals surface area contributed by atoms with Gasteiger partial charge >= 0.3 is 16.4 Å². The van der Waals surface area contributed by atoms with E-state index in [2.05, 4.69) is 5.32 Å². The third-order valence-electron chi connectivity index (χ3n) is 5.00. The number of hydroxylamine groups is 4. The maximum absolute atomic E-state index is 12.6. The number of amides is 3. The van der Waals surface area contributed by atoms with Crippen molar-refractivity contribution in [1.29, 1.82) is 0 Å². The summed E-state index contributed by atoms with van der Waals surface area (Å²) in [7, 11) is -4.15. The minimum absolute atomic E-state index is 0.140. The van der Waals surface area contributed by atoms with Gasteiger partial charge in [0.15, 0.2) is 0 Å². The minimum atomic E-state index is -4.15. The Hall–Kier alpha value is -1.47. The summed E-state index contributed by atoms with van der Waals surface area (Å²) >= 11 is 0. The lowest BCUT2D eigenvalue weighted by molar-refractivity contribution is -0.128. The summed E-state index contributed by atoms with van der Waals surface area (Å²) in [4.78, 5) is 26.0. The molecule has 0 aromatic heterocycles. The van der Waals surface area contributed by atoms with E-state index in [4.69, 9.17) is 8.47 Å². The molecular weight excluding hydrogens is 392 g/mol. The second-order valence-corrected chi connectivity index (χ2v) is 9.55. The van der Waals surface area contributed by atoms with Gasteiger partial charge in [0.2, 0.25) is 5.91 Å². The van der Waals surface area contributed by atoms with Gasteiger partial charge in [-0.3, -0.25) is 10.0 Å². The van der Waals surface area contributed by atoms with Crippen LogP contribution < -0.4 is 5.32 Å². The van der Waals surface area contributed by atoms with Crippen molar-refractivity contribution in [2.24, 2.45) is 0 Å². The maximum atomic E-state index is 12.6. The molecule has 0 aliphatic carbocycles. The zero-order valence-electron chi connectivity index (χ0n) is 16.3. The number of carbonyl (C=O) groups is 2. The van der Waals surface area contributed by atoms with E-state index in [1.54, 1.807) is 20.8 Å². The Morgan fingerprint density at radius 3 is 2.43 bits per heavy atom. The van der Waals surface area contributed by atoms with Gasteiger partial charge in [0.1, 0.15) is 6.04 Å². The number of nitrogens with one attached hydrogen (secondary N) is 1. The summed E-state index contributed by atoms with van der Waals surface area (Å²) in [6.07, 6.45) is 2.09. The van der Waals surface area contributed by atoms with E-state index in [9.17, 15) is 23.2 Å². The number of hydrogen-bond acceptors (Lipinski definition) is 8. The van der Waals surface area contributed by atoms with Crippen LogP contribution in [0.4, 0.5) is 4.79 Å². The highest BCUT2D eigenvalue weighted by Crippen LogP contribution is 2.28. The third kappa shape index (κ3) is 4.92. The Bertz CT molecular complexity index is 715. The smallest absolute Gasteiger partial charge is 0.351 e. The second-order valence-electron chi connectivity index (χ2n) is 8.42. The molecule has 160 valence electrons. The number of carbonyl (C=O) groups excluding carboxylic acids is 2. The Kier molecular flexibility index (Phi) is 5.88. The fourth-order valence-electron chi connectivity index (χ4n) is 3.75. The van der Waals surface area contributed by atoms with E-state index in [1.165, 1.54) is 9.96 Å². The average Bonchev–Trinajstić information content (AvgIpc) is 2.78. The molecule has 2 atom stereocenters. The molecule has 0 unspecified atom stereocenters. The van der Waals surface area contributed by atoms with Crippen molar-refractivity contribution in [2.45, 2.75) is 70.2 Å². The first-order chi connectivity index (χ1) is 13.0. The van der Waals surface area contributed by atoms with E-state index in [0.29, 0.717) is 50.4 Å². The van der Waals surface area contributed by atoms with Crippen molar-refractivity contribution in [3.05, 3.63) is 0 Å².